The van der Waals surface area contributed by atoms with Crippen molar-refractivity contribution < 1.29 is 35.3 Å². The zero-order valence-corrected chi connectivity index (χ0v) is 11.5. The second-order valence-electron chi connectivity index (χ2n) is 3.31. The molecule has 0 saturated carbocycles. The van der Waals surface area contributed by atoms with E-state index in [1.165, 1.54) is 20.8 Å². The third-order valence-corrected chi connectivity index (χ3v) is 3.01. The van der Waals surface area contributed by atoms with Crippen LogP contribution in [0.1, 0.15) is 33.6 Å². The van der Waals surface area contributed by atoms with Crippen molar-refractivity contribution in [1.29, 1.82) is 0 Å². The van der Waals surface area contributed by atoms with E-state index < -0.39 is 27.4 Å². The summed E-state index contributed by atoms with van der Waals surface area (Å²) >= 11 is 0. The van der Waals surface area contributed by atoms with Crippen molar-refractivity contribution in [3.8, 4) is 0 Å². The lowest BCUT2D eigenvalue weighted by Gasteiger charge is -2.14. The highest BCUT2D eigenvalue weighted by Gasteiger charge is 2.49. The number of carbonyl (C=O) groups is 1. The molecule has 0 amide bonds. The third kappa shape index (κ3) is 4.73. The predicted octanol–water partition coefficient (Wildman–Crippen LogP) is 2.49. The van der Waals surface area contributed by atoms with Gasteiger partial charge < -0.3 is 8.92 Å². The zero-order chi connectivity index (χ0) is 15.3. The summed E-state index contributed by atoms with van der Waals surface area (Å²) in [4.78, 5) is 11.5. The maximum absolute atomic E-state index is 12.2. The summed E-state index contributed by atoms with van der Waals surface area (Å²) in [7, 11) is -5.78. The molecule has 0 aromatic carbocycles. The number of ether oxygens (including phenoxy) is 1. The Morgan fingerprint density at radius 3 is 1.95 bits per heavy atom. The fourth-order valence-electron chi connectivity index (χ4n) is 1.18. The fourth-order valence-corrected chi connectivity index (χ4v) is 1.75. The van der Waals surface area contributed by atoms with Crippen LogP contribution in [0.2, 0.25) is 0 Å². The van der Waals surface area contributed by atoms with Gasteiger partial charge >= 0.3 is 21.6 Å². The van der Waals surface area contributed by atoms with Crippen LogP contribution >= 0.6 is 0 Å². The van der Waals surface area contributed by atoms with Crippen molar-refractivity contribution in [2.45, 2.75) is 39.1 Å². The van der Waals surface area contributed by atoms with Gasteiger partial charge in [0.25, 0.3) is 0 Å². The van der Waals surface area contributed by atoms with Gasteiger partial charge in [-0.25, -0.2) is 4.79 Å². The molecule has 0 atom stereocenters. The van der Waals surface area contributed by atoms with E-state index in [1.807, 2.05) is 0 Å². The molecular weight excluding hydrogens is 289 g/mol. The molecule has 0 heterocycles. The number of esters is 1. The van der Waals surface area contributed by atoms with E-state index in [2.05, 4.69) is 8.92 Å². The van der Waals surface area contributed by atoms with Gasteiger partial charge in [-0.1, -0.05) is 13.8 Å². The van der Waals surface area contributed by atoms with Crippen LogP contribution in [0.3, 0.4) is 0 Å². The van der Waals surface area contributed by atoms with Crippen molar-refractivity contribution in [3.05, 3.63) is 11.3 Å². The molecule has 0 aromatic rings. The van der Waals surface area contributed by atoms with Gasteiger partial charge in [0.2, 0.25) is 0 Å². The molecule has 0 unspecified atom stereocenters. The molecule has 0 rings (SSSR count). The predicted molar refractivity (Wildman–Crippen MR) is 60.3 cm³/mol. The van der Waals surface area contributed by atoms with Crippen LogP contribution in [0.15, 0.2) is 11.3 Å². The minimum atomic E-state index is -5.78. The molecule has 0 aliphatic rings. The summed E-state index contributed by atoms with van der Waals surface area (Å²) in [5, 5.41) is 0. The minimum absolute atomic E-state index is 0.00458. The van der Waals surface area contributed by atoms with Crippen LogP contribution < -0.4 is 0 Å². The highest BCUT2D eigenvalue weighted by atomic mass is 32.2. The maximum atomic E-state index is 12.2. The Kier molecular flexibility index (Phi) is 6.34. The Balaban J connectivity index is 5.46. The first-order valence-electron chi connectivity index (χ1n) is 5.50. The van der Waals surface area contributed by atoms with Crippen molar-refractivity contribution in [1.82, 2.24) is 0 Å². The molecule has 0 spiro atoms. The lowest BCUT2D eigenvalue weighted by Crippen LogP contribution is -2.26. The second-order valence-corrected chi connectivity index (χ2v) is 4.85. The minimum Gasteiger partial charge on any atom is -0.463 e. The van der Waals surface area contributed by atoms with Crippen LogP contribution in [0, 0.1) is 0 Å². The summed E-state index contributed by atoms with van der Waals surface area (Å²) in [5.74, 6) is -1.45. The molecule has 0 aromatic heterocycles. The molecule has 0 aliphatic carbocycles. The average Bonchev–Trinajstić information content (AvgIpc) is 2.27. The second kappa shape index (κ2) is 6.78. The molecule has 0 saturated heterocycles. The number of hydrogen-bond acceptors (Lipinski definition) is 5. The molecule has 112 valence electrons. The van der Waals surface area contributed by atoms with Crippen molar-refractivity contribution in [3.63, 3.8) is 0 Å². The van der Waals surface area contributed by atoms with E-state index in [0.29, 0.717) is 0 Å². The summed E-state index contributed by atoms with van der Waals surface area (Å²) in [5.41, 5.74) is -5.77. The first kappa shape index (κ1) is 17.8. The molecule has 0 bridgehead atoms. The molecule has 5 nitrogen and oxygen atoms in total. The summed E-state index contributed by atoms with van der Waals surface area (Å²) in [6.07, 6.45) is -0.188. The van der Waals surface area contributed by atoms with E-state index in [1.54, 1.807) is 0 Å². The first-order chi connectivity index (χ1) is 8.60. The number of alkyl halides is 3. The van der Waals surface area contributed by atoms with Crippen molar-refractivity contribution in [2.24, 2.45) is 0 Å². The summed E-state index contributed by atoms with van der Waals surface area (Å²) in [6.45, 7) is 4.39. The Morgan fingerprint density at radius 1 is 1.11 bits per heavy atom. The largest absolute Gasteiger partial charge is 0.534 e. The van der Waals surface area contributed by atoms with Gasteiger partial charge in [-0.15, -0.1) is 0 Å². The Morgan fingerprint density at radius 2 is 1.63 bits per heavy atom. The molecule has 19 heavy (non-hydrogen) atoms. The van der Waals surface area contributed by atoms with E-state index in [4.69, 9.17) is 0 Å². The number of rotatable bonds is 6. The quantitative estimate of drug-likeness (QED) is 0.248. The number of allylic oxidation sites excluding steroid dienone is 1. The molecule has 0 fully saturated rings. The van der Waals surface area contributed by atoms with Crippen LogP contribution in [-0.2, 0) is 23.8 Å². The van der Waals surface area contributed by atoms with Gasteiger partial charge in [0.1, 0.15) is 5.76 Å². The van der Waals surface area contributed by atoms with E-state index >= 15 is 0 Å². The van der Waals surface area contributed by atoms with E-state index in [0.717, 1.165) is 0 Å². The molecule has 0 radical (unpaired) electrons. The smallest absolute Gasteiger partial charge is 0.463 e. The maximum Gasteiger partial charge on any atom is 0.534 e. The lowest BCUT2D eigenvalue weighted by atomic mass is 10.1. The molecular formula is C10H15F3O5S. The van der Waals surface area contributed by atoms with Crippen LogP contribution in [0.5, 0.6) is 0 Å². The SMILES string of the molecule is CCOC(=O)/C(CC)=C(/CC)OS(=O)(=O)C(F)(F)F. The number of carbonyl (C=O) groups excluding carboxylic acids is 1. The van der Waals surface area contributed by atoms with Crippen LogP contribution in [-0.4, -0.2) is 26.5 Å². The normalized spacial score (nSPS) is 13.8. The topological polar surface area (TPSA) is 69.7 Å². The Bertz CT molecular complexity index is 450. The van der Waals surface area contributed by atoms with Crippen LogP contribution in [0.4, 0.5) is 13.2 Å². The third-order valence-electron chi connectivity index (χ3n) is 2.03. The Labute approximate surface area is 109 Å². The van der Waals surface area contributed by atoms with Gasteiger partial charge in [0.15, 0.2) is 0 Å². The molecule has 0 aliphatic heterocycles. The summed E-state index contributed by atoms with van der Waals surface area (Å²) < 4.78 is 67.0. The monoisotopic (exact) mass is 304 g/mol. The standard InChI is InChI=1S/C10H15F3O5S/c1-4-7(9(14)17-6-3)8(5-2)18-19(15,16)10(11,12)13/h4-6H2,1-3H3/b8-7-. The fraction of sp³-hybridized carbons (Fsp3) is 0.700. The zero-order valence-electron chi connectivity index (χ0n) is 10.7. The highest BCUT2D eigenvalue weighted by Crippen LogP contribution is 2.29. The average molecular weight is 304 g/mol. The lowest BCUT2D eigenvalue weighted by molar-refractivity contribution is -0.138. The van der Waals surface area contributed by atoms with E-state index in [9.17, 15) is 26.4 Å². The van der Waals surface area contributed by atoms with Crippen molar-refractivity contribution in [2.75, 3.05) is 6.61 Å². The Hall–Kier alpha value is -1.25. The van der Waals surface area contributed by atoms with Gasteiger partial charge in [-0.3, -0.25) is 0 Å². The number of hydrogen-bond donors (Lipinski definition) is 0. The molecule has 0 N–H and O–H groups in total. The van der Waals surface area contributed by atoms with Crippen LogP contribution in [0.25, 0.3) is 0 Å². The van der Waals surface area contributed by atoms with Crippen molar-refractivity contribution >= 4 is 16.1 Å². The van der Waals surface area contributed by atoms with Gasteiger partial charge in [0, 0.05) is 6.42 Å². The highest BCUT2D eigenvalue weighted by molar-refractivity contribution is 7.87. The number of halogens is 3. The first-order valence-corrected chi connectivity index (χ1v) is 6.91. The summed E-state index contributed by atoms with van der Waals surface area (Å²) in [6, 6.07) is 0. The van der Waals surface area contributed by atoms with Gasteiger partial charge in [-0.05, 0) is 13.3 Å². The van der Waals surface area contributed by atoms with Gasteiger partial charge in [0.05, 0.1) is 12.2 Å². The van der Waals surface area contributed by atoms with E-state index in [-0.39, 0.29) is 25.0 Å². The molecule has 9 heteroatoms. The van der Waals surface area contributed by atoms with Gasteiger partial charge in [-0.2, -0.15) is 21.6 Å².